The molecule has 0 aromatic carbocycles. The summed E-state index contributed by atoms with van der Waals surface area (Å²) in [5.41, 5.74) is 0. The van der Waals surface area contributed by atoms with Crippen molar-refractivity contribution in [1.82, 2.24) is 0 Å². The summed E-state index contributed by atoms with van der Waals surface area (Å²) in [6.07, 6.45) is 1.28. The average Bonchev–Trinajstić information content (AvgIpc) is 1.62. The quantitative estimate of drug-likeness (QED) is 0.365. The van der Waals surface area contributed by atoms with Crippen LogP contribution in [0.4, 0.5) is 0 Å². The van der Waals surface area contributed by atoms with Crippen molar-refractivity contribution >= 4 is 45.5 Å². The van der Waals surface area contributed by atoms with Gasteiger partial charge in [0.1, 0.15) is 0 Å². The first-order chi connectivity index (χ1) is 3.95. The van der Waals surface area contributed by atoms with E-state index in [9.17, 15) is 4.79 Å². The molecule has 0 amide bonds. The normalized spacial score (nSPS) is 10.0. The number of hydrogen-bond donors (Lipinski definition) is 0. The van der Waals surface area contributed by atoms with E-state index >= 15 is 0 Å². The number of carbonyl (C=O) groups excluding carboxylic acids is 1. The lowest BCUT2D eigenvalue weighted by Gasteiger charge is -2.04. The van der Waals surface area contributed by atoms with Crippen LogP contribution in [0.1, 0.15) is 0 Å². The van der Waals surface area contributed by atoms with Crippen LogP contribution in [0.15, 0.2) is 0 Å². The van der Waals surface area contributed by atoms with Gasteiger partial charge >= 0.3 is 12.2 Å². The molecule has 0 atom stereocenters. The van der Waals surface area contributed by atoms with Crippen LogP contribution in [0, 0.1) is 12.3 Å². The van der Waals surface area contributed by atoms with Gasteiger partial charge < -0.3 is 4.43 Å². The highest BCUT2D eigenvalue weighted by Crippen LogP contribution is 2.20. The topological polar surface area (TPSA) is 26.3 Å². The Morgan fingerprint density at radius 1 is 1.56 bits per heavy atom. The van der Waals surface area contributed by atoms with Crippen LogP contribution in [0.25, 0.3) is 0 Å². The maximum Gasteiger partial charge on any atom is 0.558 e. The molecule has 0 spiro atoms. The first kappa shape index (κ1) is 9.12. The zero-order valence-corrected chi connectivity index (χ0v) is 7.30. The third-order valence-corrected chi connectivity index (χ3v) is 1.44. The van der Waals surface area contributed by atoms with Crippen molar-refractivity contribution in [3.8, 4) is 12.3 Å². The van der Waals surface area contributed by atoms with E-state index < -0.39 is 12.2 Å². The summed E-state index contributed by atoms with van der Waals surface area (Å²) < 4.78 is 4.15. The molecule has 0 aromatic rings. The lowest BCUT2D eigenvalue weighted by Crippen LogP contribution is -2.20. The average molecular weight is 203 g/mol. The molecule has 0 aliphatic carbocycles. The third kappa shape index (κ3) is 6.00. The molecule has 0 fully saturated rings. The fourth-order valence-corrected chi connectivity index (χ4v) is 1.03. The number of halogens is 3. The van der Waals surface area contributed by atoms with Gasteiger partial charge in [0.05, 0.1) is 0 Å². The van der Waals surface area contributed by atoms with Gasteiger partial charge in [0.25, 0.3) is 0 Å². The molecule has 9 heavy (non-hydrogen) atoms. The van der Waals surface area contributed by atoms with Crippen molar-refractivity contribution in [1.29, 1.82) is 0 Å². The Balaban J connectivity index is 3.78. The van der Waals surface area contributed by atoms with Crippen LogP contribution in [-0.2, 0) is 9.22 Å². The van der Waals surface area contributed by atoms with E-state index in [2.05, 4.69) is 10.8 Å². The Hall–Kier alpha value is 0.117. The minimum Gasteiger partial charge on any atom is -0.471 e. The zero-order chi connectivity index (χ0) is 7.49. The van der Waals surface area contributed by atoms with Crippen LogP contribution < -0.4 is 0 Å². The standard InChI is InChI=1S/C3HCl3O2Si/c1-2-3(7)8-9(4,5)6/h1H. The smallest absolute Gasteiger partial charge is 0.471 e. The Kier molecular flexibility index (Phi) is 3.37. The van der Waals surface area contributed by atoms with Crippen molar-refractivity contribution in [3.05, 3.63) is 0 Å². The SMILES string of the molecule is C#CC(=O)O[Si](Cl)(Cl)Cl. The highest BCUT2D eigenvalue weighted by molar-refractivity contribution is 7.62. The van der Waals surface area contributed by atoms with E-state index in [1.807, 2.05) is 0 Å². The van der Waals surface area contributed by atoms with Gasteiger partial charge in [-0.25, -0.2) is 4.79 Å². The highest BCUT2D eigenvalue weighted by Gasteiger charge is 2.31. The summed E-state index contributed by atoms with van der Waals surface area (Å²) in [6.45, 7) is 0. The molecule has 0 radical (unpaired) electrons. The number of carbonyl (C=O) groups is 1. The first-order valence-corrected chi connectivity index (χ1v) is 6.66. The summed E-state index contributed by atoms with van der Waals surface area (Å²) in [7, 11) is 0. The molecule has 0 unspecified atom stereocenters. The molecule has 6 heteroatoms. The Labute approximate surface area is 67.3 Å². The monoisotopic (exact) mass is 202 g/mol. The van der Waals surface area contributed by atoms with E-state index in [1.165, 1.54) is 0 Å². The van der Waals surface area contributed by atoms with Gasteiger partial charge in [-0.15, -0.1) is 6.42 Å². The third-order valence-electron chi connectivity index (χ3n) is 0.326. The first-order valence-electron chi connectivity index (χ1n) is 1.72. The van der Waals surface area contributed by atoms with Crippen LogP contribution in [0.3, 0.4) is 0 Å². The molecule has 0 saturated carbocycles. The number of hydrogen-bond acceptors (Lipinski definition) is 2. The van der Waals surface area contributed by atoms with Gasteiger partial charge in [0.15, 0.2) is 0 Å². The van der Waals surface area contributed by atoms with E-state index in [4.69, 9.17) is 33.2 Å². The summed E-state index contributed by atoms with van der Waals surface area (Å²) in [4.78, 5) is 10.2. The van der Waals surface area contributed by atoms with Crippen molar-refractivity contribution < 1.29 is 9.22 Å². The molecule has 0 bridgehead atoms. The predicted molar refractivity (Wildman–Crippen MR) is 38.2 cm³/mol. The summed E-state index contributed by atoms with van der Waals surface area (Å²) in [5.74, 6) is 0.699. The molecule has 2 nitrogen and oxygen atoms in total. The second-order valence-electron chi connectivity index (χ2n) is 0.980. The molecule has 0 aromatic heterocycles. The maximum atomic E-state index is 10.2. The number of terminal acetylenes is 1. The largest absolute Gasteiger partial charge is 0.558 e. The summed E-state index contributed by atoms with van der Waals surface area (Å²) in [6, 6.07) is 0. The molecular weight excluding hydrogens is 202 g/mol. The van der Waals surface area contributed by atoms with Crippen LogP contribution in [0.5, 0.6) is 0 Å². The van der Waals surface area contributed by atoms with E-state index in [1.54, 1.807) is 5.92 Å². The van der Waals surface area contributed by atoms with Crippen molar-refractivity contribution in [2.45, 2.75) is 0 Å². The second kappa shape index (κ2) is 3.33. The van der Waals surface area contributed by atoms with Crippen molar-refractivity contribution in [2.24, 2.45) is 0 Å². The molecule has 0 N–H and O–H groups in total. The minimum atomic E-state index is -3.32. The van der Waals surface area contributed by atoms with E-state index in [-0.39, 0.29) is 0 Å². The lowest BCUT2D eigenvalue weighted by atomic mass is 10.7. The molecule has 0 heterocycles. The molecular formula is C3HCl3O2Si. The molecule has 0 rings (SSSR count). The van der Waals surface area contributed by atoms with Gasteiger partial charge in [-0.2, -0.15) is 0 Å². The minimum absolute atomic E-state index is 0.943. The fraction of sp³-hybridized carbons (Fsp3) is 0. The number of rotatable bonds is 1. The highest BCUT2D eigenvalue weighted by atomic mass is 35.8. The fourth-order valence-electron chi connectivity index (χ4n) is 0.135. The van der Waals surface area contributed by atoms with E-state index in [0.717, 1.165) is 0 Å². The van der Waals surface area contributed by atoms with Gasteiger partial charge in [-0.3, -0.25) is 0 Å². The molecule has 50 valence electrons. The Bertz CT molecular complexity index is 155. The van der Waals surface area contributed by atoms with Gasteiger partial charge in [-0.05, 0) is 0 Å². The van der Waals surface area contributed by atoms with Crippen molar-refractivity contribution in [3.63, 3.8) is 0 Å². The second-order valence-corrected chi connectivity index (χ2v) is 8.61. The van der Waals surface area contributed by atoms with E-state index in [0.29, 0.717) is 0 Å². The zero-order valence-electron chi connectivity index (χ0n) is 4.03. The maximum absolute atomic E-state index is 10.2. The lowest BCUT2D eigenvalue weighted by molar-refractivity contribution is -0.128. The predicted octanol–water partition coefficient (Wildman–Crippen LogP) is 1.31. The van der Waals surface area contributed by atoms with Crippen LogP contribution in [0.2, 0.25) is 0 Å². The van der Waals surface area contributed by atoms with Crippen LogP contribution >= 0.6 is 33.2 Å². The Morgan fingerprint density at radius 3 is 2.11 bits per heavy atom. The van der Waals surface area contributed by atoms with Gasteiger partial charge in [0, 0.05) is 5.92 Å². The van der Waals surface area contributed by atoms with Gasteiger partial charge in [-0.1, -0.05) is 33.2 Å². The summed E-state index contributed by atoms with van der Waals surface area (Å²) >= 11 is 15.4. The molecule has 0 aliphatic rings. The van der Waals surface area contributed by atoms with Crippen molar-refractivity contribution in [2.75, 3.05) is 0 Å². The summed E-state index contributed by atoms with van der Waals surface area (Å²) in [5, 5.41) is 0. The van der Waals surface area contributed by atoms with Crippen LogP contribution in [-0.4, -0.2) is 12.2 Å². The van der Waals surface area contributed by atoms with Gasteiger partial charge in [0.2, 0.25) is 0 Å². The molecule has 0 aliphatic heterocycles. The Morgan fingerprint density at radius 2 is 2.00 bits per heavy atom. The molecule has 0 saturated heterocycles.